The second-order valence-electron chi connectivity index (χ2n) is 4.80. The van der Waals surface area contributed by atoms with Crippen molar-refractivity contribution in [1.82, 2.24) is 0 Å². The Morgan fingerprint density at radius 1 is 1.11 bits per heavy atom. The van der Waals surface area contributed by atoms with Crippen LogP contribution in [0, 0.1) is 5.92 Å². The highest BCUT2D eigenvalue weighted by atomic mass is 16.3. The van der Waals surface area contributed by atoms with Gasteiger partial charge in [-0.15, -0.1) is 13.2 Å². The van der Waals surface area contributed by atoms with Gasteiger partial charge in [-0.25, -0.2) is 0 Å². The highest BCUT2D eigenvalue weighted by Gasteiger charge is 2.49. The van der Waals surface area contributed by atoms with Gasteiger partial charge in [0, 0.05) is 17.0 Å². The largest absolute Gasteiger partial charge is 0.376 e. The van der Waals surface area contributed by atoms with Gasteiger partial charge in [0.15, 0.2) is 5.60 Å². The van der Waals surface area contributed by atoms with Gasteiger partial charge in [0.2, 0.25) is 5.78 Å². The molecular formula is C17H14O2. The van der Waals surface area contributed by atoms with Crippen molar-refractivity contribution in [2.75, 3.05) is 0 Å². The van der Waals surface area contributed by atoms with Crippen molar-refractivity contribution >= 4 is 16.6 Å². The van der Waals surface area contributed by atoms with Crippen LogP contribution in [0.1, 0.15) is 15.9 Å². The Morgan fingerprint density at radius 2 is 1.74 bits per heavy atom. The number of hydrogen-bond donors (Lipinski definition) is 1. The minimum absolute atomic E-state index is 0.274. The van der Waals surface area contributed by atoms with Crippen LogP contribution in [0.4, 0.5) is 0 Å². The predicted molar refractivity (Wildman–Crippen MR) is 76.1 cm³/mol. The van der Waals surface area contributed by atoms with Crippen LogP contribution < -0.4 is 0 Å². The summed E-state index contributed by atoms with van der Waals surface area (Å²) in [4.78, 5) is 12.6. The molecule has 2 nitrogen and oxygen atoms in total. The molecule has 0 saturated carbocycles. The average molecular weight is 250 g/mol. The Kier molecular flexibility index (Phi) is 2.44. The molecule has 3 rings (SSSR count). The number of carbonyl (C=O) groups is 1. The van der Waals surface area contributed by atoms with E-state index in [1.807, 2.05) is 24.3 Å². The van der Waals surface area contributed by atoms with E-state index in [-0.39, 0.29) is 5.78 Å². The SMILES string of the molecule is C=CC(C=C)C1(O)C(=O)c2cccc3cccc1c23. The lowest BCUT2D eigenvalue weighted by Gasteiger charge is -2.28. The first-order valence-corrected chi connectivity index (χ1v) is 6.19. The van der Waals surface area contributed by atoms with Gasteiger partial charge in [0.25, 0.3) is 0 Å². The smallest absolute Gasteiger partial charge is 0.200 e. The molecule has 1 aliphatic rings. The molecule has 0 heterocycles. The number of Topliss-reactive ketones (excluding diaryl/α,β-unsaturated/α-hetero) is 1. The fraction of sp³-hybridized carbons (Fsp3) is 0.118. The molecule has 19 heavy (non-hydrogen) atoms. The maximum atomic E-state index is 12.6. The molecule has 0 radical (unpaired) electrons. The predicted octanol–water partition coefficient (Wildman–Crippen LogP) is 3.21. The van der Waals surface area contributed by atoms with Crippen molar-refractivity contribution in [3.63, 3.8) is 0 Å². The Morgan fingerprint density at radius 3 is 2.37 bits per heavy atom. The second-order valence-corrected chi connectivity index (χ2v) is 4.80. The zero-order chi connectivity index (χ0) is 13.6. The van der Waals surface area contributed by atoms with Crippen molar-refractivity contribution < 1.29 is 9.90 Å². The summed E-state index contributed by atoms with van der Waals surface area (Å²) in [5.41, 5.74) is -0.355. The molecule has 2 heteroatoms. The van der Waals surface area contributed by atoms with E-state index in [0.29, 0.717) is 11.1 Å². The topological polar surface area (TPSA) is 37.3 Å². The molecular weight excluding hydrogens is 236 g/mol. The molecule has 2 aromatic rings. The third-order valence-electron chi connectivity index (χ3n) is 3.90. The molecule has 0 fully saturated rings. The van der Waals surface area contributed by atoms with Crippen LogP contribution in [0.15, 0.2) is 61.7 Å². The third kappa shape index (κ3) is 1.32. The number of benzene rings is 2. The fourth-order valence-corrected chi connectivity index (χ4v) is 2.94. The van der Waals surface area contributed by atoms with E-state index >= 15 is 0 Å². The van der Waals surface area contributed by atoms with Crippen LogP contribution in [0.25, 0.3) is 10.8 Å². The van der Waals surface area contributed by atoms with Gasteiger partial charge in [0.1, 0.15) is 0 Å². The maximum absolute atomic E-state index is 12.6. The first kappa shape index (κ1) is 11.9. The Bertz CT molecular complexity index is 701. The summed E-state index contributed by atoms with van der Waals surface area (Å²) in [7, 11) is 0. The van der Waals surface area contributed by atoms with E-state index in [1.165, 1.54) is 0 Å². The lowest BCUT2D eigenvalue weighted by molar-refractivity contribution is 0.0197. The number of carbonyl (C=O) groups excluding carboxylic acids is 1. The molecule has 1 aliphatic carbocycles. The zero-order valence-corrected chi connectivity index (χ0v) is 10.5. The van der Waals surface area contributed by atoms with Gasteiger partial charge in [-0.05, 0) is 10.8 Å². The Balaban J connectivity index is 2.40. The van der Waals surface area contributed by atoms with Crippen LogP contribution in [0.5, 0.6) is 0 Å². The van der Waals surface area contributed by atoms with Crippen molar-refractivity contribution in [3.05, 3.63) is 72.8 Å². The minimum Gasteiger partial charge on any atom is -0.376 e. The van der Waals surface area contributed by atoms with Gasteiger partial charge >= 0.3 is 0 Å². The summed E-state index contributed by atoms with van der Waals surface area (Å²) in [6.07, 6.45) is 3.13. The van der Waals surface area contributed by atoms with Crippen molar-refractivity contribution in [2.24, 2.45) is 5.92 Å². The van der Waals surface area contributed by atoms with Crippen molar-refractivity contribution in [1.29, 1.82) is 0 Å². The quantitative estimate of drug-likeness (QED) is 0.849. The van der Waals surface area contributed by atoms with E-state index in [9.17, 15) is 9.90 Å². The number of hydrogen-bond acceptors (Lipinski definition) is 2. The summed E-state index contributed by atoms with van der Waals surface area (Å²) in [5.74, 6) is -0.776. The highest BCUT2D eigenvalue weighted by molar-refractivity contribution is 6.19. The Labute approximate surface area is 111 Å². The first-order valence-electron chi connectivity index (χ1n) is 6.19. The number of ketones is 1. The molecule has 1 unspecified atom stereocenters. The number of aliphatic hydroxyl groups is 1. The molecule has 0 aliphatic heterocycles. The van der Waals surface area contributed by atoms with E-state index in [1.54, 1.807) is 24.3 Å². The molecule has 0 saturated heterocycles. The molecule has 0 aromatic heterocycles. The zero-order valence-electron chi connectivity index (χ0n) is 10.5. The van der Waals surface area contributed by atoms with Gasteiger partial charge in [0.05, 0.1) is 0 Å². The van der Waals surface area contributed by atoms with Crippen LogP contribution >= 0.6 is 0 Å². The van der Waals surface area contributed by atoms with E-state index in [4.69, 9.17) is 0 Å². The van der Waals surface area contributed by atoms with Gasteiger partial charge < -0.3 is 5.11 Å². The fourth-order valence-electron chi connectivity index (χ4n) is 2.94. The van der Waals surface area contributed by atoms with Crippen LogP contribution in [-0.4, -0.2) is 10.9 Å². The molecule has 94 valence electrons. The van der Waals surface area contributed by atoms with Gasteiger partial charge in [-0.1, -0.05) is 48.6 Å². The van der Waals surface area contributed by atoms with E-state index < -0.39 is 11.5 Å². The van der Waals surface area contributed by atoms with Crippen LogP contribution in [0.3, 0.4) is 0 Å². The summed E-state index contributed by atoms with van der Waals surface area (Å²) < 4.78 is 0. The molecule has 1 atom stereocenters. The highest BCUT2D eigenvalue weighted by Crippen LogP contribution is 2.45. The van der Waals surface area contributed by atoms with Crippen molar-refractivity contribution in [2.45, 2.75) is 5.60 Å². The van der Waals surface area contributed by atoms with Gasteiger partial charge in [-0.3, -0.25) is 4.79 Å². The maximum Gasteiger partial charge on any atom is 0.200 e. The minimum atomic E-state index is -1.58. The van der Waals surface area contributed by atoms with Crippen molar-refractivity contribution in [3.8, 4) is 0 Å². The summed E-state index contributed by atoms with van der Waals surface area (Å²) >= 11 is 0. The summed E-state index contributed by atoms with van der Waals surface area (Å²) in [6.45, 7) is 7.40. The summed E-state index contributed by atoms with van der Waals surface area (Å²) in [5, 5.41) is 12.8. The monoisotopic (exact) mass is 250 g/mol. The second kappa shape index (κ2) is 3.90. The first-order chi connectivity index (χ1) is 9.14. The molecule has 0 amide bonds. The lowest BCUT2D eigenvalue weighted by atomic mass is 9.81. The standard InChI is InChI=1S/C17H14O2/c1-3-12(4-2)17(19)14-10-6-8-11-7-5-9-13(15(11)14)16(17)18/h3-10,12,19H,1-2H2. The van der Waals surface area contributed by atoms with Crippen LogP contribution in [-0.2, 0) is 5.60 Å². The third-order valence-corrected chi connectivity index (χ3v) is 3.90. The summed E-state index contributed by atoms with van der Waals surface area (Å²) in [6, 6.07) is 11.1. The average Bonchev–Trinajstić information content (AvgIpc) is 2.66. The van der Waals surface area contributed by atoms with Crippen LogP contribution in [0.2, 0.25) is 0 Å². The molecule has 0 spiro atoms. The van der Waals surface area contributed by atoms with E-state index in [0.717, 1.165) is 10.8 Å². The normalized spacial score (nSPS) is 21.1. The van der Waals surface area contributed by atoms with E-state index in [2.05, 4.69) is 13.2 Å². The molecule has 2 aromatic carbocycles. The lowest BCUT2D eigenvalue weighted by Crippen LogP contribution is -2.38. The Hall–Kier alpha value is -2.19. The number of rotatable bonds is 3. The van der Waals surface area contributed by atoms with Gasteiger partial charge in [-0.2, -0.15) is 0 Å². The molecule has 1 N–H and O–H groups in total. The molecule has 0 bridgehead atoms.